The summed E-state index contributed by atoms with van der Waals surface area (Å²) in [6, 6.07) is 10.5. The average Bonchev–Trinajstić information content (AvgIpc) is 2.62. The highest BCUT2D eigenvalue weighted by atomic mass is 16.2. The molecule has 1 aliphatic heterocycles. The van der Waals surface area contributed by atoms with Crippen molar-refractivity contribution in [2.75, 3.05) is 13.1 Å². The van der Waals surface area contributed by atoms with Crippen molar-refractivity contribution in [2.45, 2.75) is 46.1 Å². The maximum absolute atomic E-state index is 12.5. The minimum atomic E-state index is -0.162. The zero-order valence-corrected chi connectivity index (χ0v) is 14.9. The molecule has 1 aromatic rings. The van der Waals surface area contributed by atoms with Gasteiger partial charge in [0.05, 0.1) is 0 Å². The summed E-state index contributed by atoms with van der Waals surface area (Å²) >= 11 is 0. The largest absolute Gasteiger partial charge is 0.383 e. The molecule has 1 N–H and O–H groups in total. The molecule has 0 saturated carbocycles. The van der Waals surface area contributed by atoms with Crippen LogP contribution in [0.25, 0.3) is 0 Å². The first-order chi connectivity index (χ1) is 11.5. The molecule has 0 spiro atoms. The van der Waals surface area contributed by atoms with Crippen LogP contribution in [0.1, 0.15) is 50.8 Å². The topological polar surface area (TPSA) is 56.1 Å². The highest BCUT2D eigenvalue weighted by molar-refractivity contribution is 5.97. The third-order valence-electron chi connectivity index (χ3n) is 4.79. The van der Waals surface area contributed by atoms with Gasteiger partial charge < -0.3 is 10.2 Å². The van der Waals surface area contributed by atoms with E-state index in [0.29, 0.717) is 5.92 Å². The van der Waals surface area contributed by atoms with Gasteiger partial charge in [0.25, 0.3) is 5.91 Å². The van der Waals surface area contributed by atoms with Crippen LogP contribution in [0, 0.1) is 17.2 Å². The van der Waals surface area contributed by atoms with E-state index in [2.05, 4.69) is 43.4 Å². The van der Waals surface area contributed by atoms with Gasteiger partial charge in [0.2, 0.25) is 0 Å². The van der Waals surface area contributed by atoms with Gasteiger partial charge in [-0.05, 0) is 43.2 Å². The Morgan fingerprint density at radius 3 is 2.54 bits per heavy atom. The smallest absolute Gasteiger partial charge is 0.265 e. The molecule has 1 fully saturated rings. The van der Waals surface area contributed by atoms with E-state index in [9.17, 15) is 10.1 Å². The number of nitrogens with zero attached hydrogens (tertiary/aromatic N) is 2. The number of carbonyl (C=O) groups excluding carboxylic acids is 1. The predicted molar refractivity (Wildman–Crippen MR) is 96.0 cm³/mol. The molecule has 1 amide bonds. The fourth-order valence-electron chi connectivity index (χ4n) is 2.87. The lowest BCUT2D eigenvalue weighted by Crippen LogP contribution is -2.38. The van der Waals surface area contributed by atoms with Crippen LogP contribution in [0.15, 0.2) is 36.0 Å². The first-order valence-corrected chi connectivity index (χ1v) is 8.79. The minimum absolute atomic E-state index is 0.0495. The van der Waals surface area contributed by atoms with Gasteiger partial charge in [-0.15, -0.1) is 0 Å². The molecule has 0 aromatic heterocycles. The SMILES string of the molecule is CCc1ccc(C(C)N/C=C(/C#N)C(=O)N2CCC(C)CC2)cc1. The summed E-state index contributed by atoms with van der Waals surface area (Å²) in [5.41, 5.74) is 2.62. The molecule has 4 nitrogen and oxygen atoms in total. The van der Waals surface area contributed by atoms with E-state index in [-0.39, 0.29) is 17.5 Å². The molecule has 4 heteroatoms. The Bertz CT molecular complexity index is 619. The number of hydrogen-bond donors (Lipinski definition) is 1. The van der Waals surface area contributed by atoms with E-state index in [1.807, 2.05) is 13.0 Å². The Labute approximate surface area is 145 Å². The highest BCUT2D eigenvalue weighted by Gasteiger charge is 2.23. The Morgan fingerprint density at radius 1 is 1.38 bits per heavy atom. The van der Waals surface area contributed by atoms with Crippen molar-refractivity contribution in [2.24, 2.45) is 5.92 Å². The Balaban J connectivity index is 1.99. The van der Waals surface area contributed by atoms with Crippen molar-refractivity contribution in [1.82, 2.24) is 10.2 Å². The fourth-order valence-corrected chi connectivity index (χ4v) is 2.87. The monoisotopic (exact) mass is 325 g/mol. The zero-order valence-electron chi connectivity index (χ0n) is 14.9. The molecule has 128 valence electrons. The first-order valence-electron chi connectivity index (χ1n) is 8.79. The lowest BCUT2D eigenvalue weighted by atomic mass is 9.99. The molecule has 1 saturated heterocycles. The molecule has 1 heterocycles. The Morgan fingerprint density at radius 2 is 2.00 bits per heavy atom. The summed E-state index contributed by atoms with van der Waals surface area (Å²) in [5.74, 6) is 0.498. The Hall–Kier alpha value is -2.28. The van der Waals surface area contributed by atoms with Crippen molar-refractivity contribution < 1.29 is 4.79 Å². The normalized spacial score (nSPS) is 17.2. The number of piperidine rings is 1. The van der Waals surface area contributed by atoms with E-state index in [1.165, 1.54) is 5.56 Å². The average molecular weight is 325 g/mol. The van der Waals surface area contributed by atoms with Gasteiger partial charge in [0.1, 0.15) is 11.6 Å². The lowest BCUT2D eigenvalue weighted by molar-refractivity contribution is -0.128. The summed E-state index contributed by atoms with van der Waals surface area (Å²) in [6.07, 6.45) is 4.61. The van der Waals surface area contributed by atoms with Crippen LogP contribution in [0.2, 0.25) is 0 Å². The number of benzene rings is 1. The second-order valence-corrected chi connectivity index (χ2v) is 6.63. The number of nitrogens with one attached hydrogen (secondary N) is 1. The van der Waals surface area contributed by atoms with Gasteiger partial charge in [-0.1, -0.05) is 38.1 Å². The molecular weight excluding hydrogens is 298 g/mol. The molecule has 1 aromatic carbocycles. The van der Waals surface area contributed by atoms with Gasteiger partial charge in [0, 0.05) is 25.3 Å². The van der Waals surface area contributed by atoms with Crippen LogP contribution in [-0.2, 0) is 11.2 Å². The maximum Gasteiger partial charge on any atom is 0.265 e. The number of carbonyl (C=O) groups is 1. The molecule has 0 aliphatic carbocycles. The third-order valence-corrected chi connectivity index (χ3v) is 4.79. The van der Waals surface area contributed by atoms with Gasteiger partial charge in [-0.3, -0.25) is 4.79 Å². The number of likely N-dealkylation sites (tertiary alicyclic amines) is 1. The maximum atomic E-state index is 12.5. The zero-order chi connectivity index (χ0) is 17.5. The van der Waals surface area contributed by atoms with E-state index in [1.54, 1.807) is 11.1 Å². The number of nitriles is 1. The van der Waals surface area contributed by atoms with Gasteiger partial charge in [0.15, 0.2) is 0 Å². The second kappa shape index (κ2) is 8.54. The van der Waals surface area contributed by atoms with Crippen molar-refractivity contribution in [1.29, 1.82) is 5.26 Å². The predicted octanol–water partition coefficient (Wildman–Crippen LogP) is 3.57. The van der Waals surface area contributed by atoms with Gasteiger partial charge in [-0.25, -0.2) is 0 Å². The van der Waals surface area contributed by atoms with E-state index >= 15 is 0 Å². The number of aryl methyl sites for hydroxylation is 1. The molecule has 0 radical (unpaired) electrons. The molecule has 24 heavy (non-hydrogen) atoms. The number of amides is 1. The van der Waals surface area contributed by atoms with E-state index in [0.717, 1.165) is 37.9 Å². The Kier molecular flexibility index (Phi) is 6.43. The van der Waals surface area contributed by atoms with E-state index < -0.39 is 0 Å². The van der Waals surface area contributed by atoms with Crippen LogP contribution in [0.5, 0.6) is 0 Å². The molecule has 1 aliphatic rings. The molecule has 1 unspecified atom stereocenters. The molecule has 0 bridgehead atoms. The minimum Gasteiger partial charge on any atom is -0.383 e. The summed E-state index contributed by atoms with van der Waals surface area (Å²) < 4.78 is 0. The number of hydrogen-bond acceptors (Lipinski definition) is 3. The van der Waals surface area contributed by atoms with Crippen LogP contribution >= 0.6 is 0 Å². The standard InChI is InChI=1S/C20H27N3O/c1-4-17-5-7-18(8-6-17)16(3)22-14-19(13-21)20(24)23-11-9-15(2)10-12-23/h5-8,14-16,22H,4,9-12H2,1-3H3/b19-14-. The summed E-state index contributed by atoms with van der Waals surface area (Å²) in [4.78, 5) is 14.3. The molecular formula is C20H27N3O. The lowest BCUT2D eigenvalue weighted by Gasteiger charge is -2.30. The van der Waals surface area contributed by atoms with Crippen LogP contribution in [0.4, 0.5) is 0 Å². The summed E-state index contributed by atoms with van der Waals surface area (Å²) in [7, 11) is 0. The van der Waals surface area contributed by atoms with Crippen molar-refractivity contribution in [3.8, 4) is 6.07 Å². The summed E-state index contributed by atoms with van der Waals surface area (Å²) in [5, 5.41) is 12.5. The number of rotatable bonds is 5. The van der Waals surface area contributed by atoms with Gasteiger partial charge in [-0.2, -0.15) is 5.26 Å². The highest BCUT2D eigenvalue weighted by Crippen LogP contribution is 2.18. The molecule has 1 atom stereocenters. The second-order valence-electron chi connectivity index (χ2n) is 6.63. The first kappa shape index (κ1) is 18.1. The fraction of sp³-hybridized carbons (Fsp3) is 0.500. The quantitative estimate of drug-likeness (QED) is 0.665. The summed E-state index contributed by atoms with van der Waals surface area (Å²) in [6.45, 7) is 7.85. The van der Waals surface area contributed by atoms with Crippen LogP contribution < -0.4 is 5.32 Å². The van der Waals surface area contributed by atoms with E-state index in [4.69, 9.17) is 0 Å². The third kappa shape index (κ3) is 4.61. The van der Waals surface area contributed by atoms with Crippen molar-refractivity contribution in [3.05, 3.63) is 47.2 Å². The van der Waals surface area contributed by atoms with Crippen molar-refractivity contribution in [3.63, 3.8) is 0 Å². The van der Waals surface area contributed by atoms with Crippen LogP contribution in [0.3, 0.4) is 0 Å². The van der Waals surface area contributed by atoms with Crippen molar-refractivity contribution >= 4 is 5.91 Å². The van der Waals surface area contributed by atoms with Crippen LogP contribution in [-0.4, -0.2) is 23.9 Å². The van der Waals surface area contributed by atoms with Gasteiger partial charge >= 0.3 is 0 Å². The molecule has 2 rings (SSSR count).